The SMILES string of the molecule is Cc1nc(Oc2ccc(C(C)C(O)(c3cc(C)c(=O)n(C)c3)C(F)(F)F)c(Cl)c2)ccc1C(=O)O. The van der Waals surface area contributed by atoms with Crippen molar-refractivity contribution < 1.29 is 32.9 Å². The number of aromatic carboxylic acids is 1. The second kappa shape index (κ2) is 9.35. The fourth-order valence-corrected chi connectivity index (χ4v) is 4.17. The van der Waals surface area contributed by atoms with Gasteiger partial charge in [-0.2, -0.15) is 13.2 Å². The summed E-state index contributed by atoms with van der Waals surface area (Å²) in [7, 11) is 1.30. The van der Waals surface area contributed by atoms with E-state index in [0.29, 0.717) is 0 Å². The molecular formula is C24H22ClF3N2O5. The number of carbonyl (C=O) groups is 1. The van der Waals surface area contributed by atoms with Gasteiger partial charge < -0.3 is 19.5 Å². The topological polar surface area (TPSA) is 102 Å². The van der Waals surface area contributed by atoms with Crippen LogP contribution in [0.25, 0.3) is 0 Å². The van der Waals surface area contributed by atoms with E-state index in [1.54, 1.807) is 0 Å². The zero-order chi connectivity index (χ0) is 26.3. The molecule has 2 aromatic heterocycles. The largest absolute Gasteiger partial charge is 0.478 e. The van der Waals surface area contributed by atoms with Gasteiger partial charge in [0.05, 0.1) is 11.3 Å². The number of rotatable bonds is 6. The van der Waals surface area contributed by atoms with Gasteiger partial charge in [0.15, 0.2) is 5.60 Å². The van der Waals surface area contributed by atoms with Crippen molar-refractivity contribution >= 4 is 17.6 Å². The monoisotopic (exact) mass is 510 g/mol. The van der Waals surface area contributed by atoms with Crippen LogP contribution in [0.15, 0.2) is 47.4 Å². The van der Waals surface area contributed by atoms with E-state index in [1.165, 1.54) is 58.2 Å². The standard InChI is InChI=1S/C24H22ClF3N2O5/c1-12-9-15(11-30(4)21(12)31)23(34,24(26,27)28)13(2)17-6-5-16(10-19(17)25)35-20-8-7-18(22(32)33)14(3)29-20/h5-11,13,34H,1-4H3,(H,32,33). The fourth-order valence-electron chi connectivity index (χ4n) is 3.83. The number of hydrogen-bond donors (Lipinski definition) is 2. The van der Waals surface area contributed by atoms with Gasteiger partial charge in [0.2, 0.25) is 5.88 Å². The first-order chi connectivity index (χ1) is 16.2. The average molecular weight is 511 g/mol. The van der Waals surface area contributed by atoms with Crippen molar-refractivity contribution in [2.45, 2.75) is 38.5 Å². The summed E-state index contributed by atoms with van der Waals surface area (Å²) in [5.41, 5.74) is -4.06. The maximum absolute atomic E-state index is 14.3. The Labute approximate surface area is 203 Å². The Morgan fingerprint density at radius 2 is 1.83 bits per heavy atom. The molecule has 35 heavy (non-hydrogen) atoms. The van der Waals surface area contributed by atoms with Crippen LogP contribution in [0.5, 0.6) is 11.6 Å². The van der Waals surface area contributed by atoms with Crippen molar-refractivity contribution in [3.63, 3.8) is 0 Å². The normalized spacial score (nSPS) is 14.3. The number of carboxylic acids is 1. The summed E-state index contributed by atoms with van der Waals surface area (Å²) in [5, 5.41) is 20.0. The first kappa shape index (κ1) is 26.2. The molecule has 3 aromatic rings. The molecule has 2 N–H and O–H groups in total. The van der Waals surface area contributed by atoms with Gasteiger partial charge in [-0.15, -0.1) is 0 Å². The molecule has 2 atom stereocenters. The summed E-state index contributed by atoms with van der Waals surface area (Å²) in [6.45, 7) is 4.05. The van der Waals surface area contributed by atoms with E-state index in [0.717, 1.165) is 16.8 Å². The van der Waals surface area contributed by atoms with Crippen molar-refractivity contribution in [3.8, 4) is 11.6 Å². The summed E-state index contributed by atoms with van der Waals surface area (Å²) >= 11 is 6.31. The van der Waals surface area contributed by atoms with Crippen molar-refractivity contribution in [2.75, 3.05) is 0 Å². The number of carboxylic acid groups (broad SMARTS) is 1. The van der Waals surface area contributed by atoms with E-state index in [-0.39, 0.29) is 39.0 Å². The molecule has 7 nitrogen and oxygen atoms in total. The third-order valence-electron chi connectivity index (χ3n) is 5.81. The maximum atomic E-state index is 14.3. The molecule has 2 unspecified atom stereocenters. The predicted octanol–water partition coefficient (Wildman–Crippen LogP) is 5.09. The van der Waals surface area contributed by atoms with Crippen LogP contribution in [0.4, 0.5) is 13.2 Å². The van der Waals surface area contributed by atoms with Crippen molar-refractivity contribution in [3.05, 3.63) is 85.9 Å². The predicted molar refractivity (Wildman–Crippen MR) is 122 cm³/mol. The highest BCUT2D eigenvalue weighted by molar-refractivity contribution is 6.31. The van der Waals surface area contributed by atoms with Crippen LogP contribution >= 0.6 is 11.6 Å². The van der Waals surface area contributed by atoms with Gasteiger partial charge in [-0.3, -0.25) is 4.79 Å². The van der Waals surface area contributed by atoms with Crippen LogP contribution in [0.1, 0.15) is 45.6 Å². The van der Waals surface area contributed by atoms with Crippen molar-refractivity contribution in [2.24, 2.45) is 7.05 Å². The summed E-state index contributed by atoms with van der Waals surface area (Å²) in [4.78, 5) is 27.2. The number of aryl methyl sites for hydroxylation is 3. The van der Waals surface area contributed by atoms with Crippen molar-refractivity contribution in [1.29, 1.82) is 0 Å². The third kappa shape index (κ3) is 4.89. The first-order valence-electron chi connectivity index (χ1n) is 10.3. The smallest absolute Gasteiger partial charge is 0.422 e. The van der Waals surface area contributed by atoms with Gasteiger partial charge in [0.25, 0.3) is 5.56 Å². The van der Waals surface area contributed by atoms with Gasteiger partial charge in [0, 0.05) is 41.4 Å². The van der Waals surface area contributed by atoms with E-state index >= 15 is 0 Å². The summed E-state index contributed by atoms with van der Waals surface area (Å²) in [6, 6.07) is 7.61. The summed E-state index contributed by atoms with van der Waals surface area (Å²) < 4.78 is 49.3. The Kier molecular flexibility index (Phi) is 7.01. The molecule has 0 fully saturated rings. The molecule has 0 amide bonds. The second-order valence-corrected chi connectivity index (χ2v) is 8.59. The lowest BCUT2D eigenvalue weighted by atomic mass is 9.78. The number of ether oxygens (including phenoxy) is 1. The molecule has 0 aliphatic carbocycles. The van der Waals surface area contributed by atoms with Crippen LogP contribution in [0.2, 0.25) is 5.02 Å². The molecule has 0 saturated carbocycles. The molecular weight excluding hydrogens is 489 g/mol. The molecule has 0 radical (unpaired) electrons. The van der Waals surface area contributed by atoms with E-state index in [2.05, 4.69) is 4.98 Å². The van der Waals surface area contributed by atoms with E-state index in [9.17, 15) is 27.9 Å². The zero-order valence-electron chi connectivity index (χ0n) is 19.1. The van der Waals surface area contributed by atoms with Gasteiger partial charge in [-0.25, -0.2) is 9.78 Å². The number of aliphatic hydroxyl groups is 1. The molecule has 2 heterocycles. The zero-order valence-corrected chi connectivity index (χ0v) is 19.9. The van der Waals surface area contributed by atoms with Gasteiger partial charge in [0.1, 0.15) is 5.75 Å². The third-order valence-corrected chi connectivity index (χ3v) is 6.14. The van der Waals surface area contributed by atoms with Crippen LogP contribution in [0, 0.1) is 13.8 Å². The van der Waals surface area contributed by atoms with Crippen LogP contribution in [-0.2, 0) is 12.6 Å². The quantitative estimate of drug-likeness (QED) is 0.479. The Hall–Kier alpha value is -3.37. The Morgan fingerprint density at radius 1 is 1.17 bits per heavy atom. The molecule has 0 spiro atoms. The summed E-state index contributed by atoms with van der Waals surface area (Å²) in [5.74, 6) is -2.49. The Balaban J connectivity index is 2.00. The number of nitrogens with zero attached hydrogens (tertiary/aromatic N) is 2. The van der Waals surface area contributed by atoms with Gasteiger partial charge in [-0.1, -0.05) is 24.6 Å². The van der Waals surface area contributed by atoms with Crippen LogP contribution in [-0.4, -0.2) is 31.9 Å². The number of aromatic nitrogens is 2. The lowest BCUT2D eigenvalue weighted by molar-refractivity contribution is -0.274. The van der Waals surface area contributed by atoms with Gasteiger partial charge >= 0.3 is 12.1 Å². The Morgan fingerprint density at radius 3 is 2.34 bits per heavy atom. The van der Waals surface area contributed by atoms with E-state index in [4.69, 9.17) is 21.4 Å². The van der Waals surface area contributed by atoms with Gasteiger partial charge in [-0.05, 0) is 43.7 Å². The number of hydrogen-bond acceptors (Lipinski definition) is 5. The lowest BCUT2D eigenvalue weighted by Crippen LogP contribution is -2.47. The molecule has 1 aromatic carbocycles. The molecule has 186 valence electrons. The number of pyridine rings is 2. The number of benzene rings is 1. The molecule has 3 rings (SSSR count). The highest BCUT2D eigenvalue weighted by atomic mass is 35.5. The Bertz CT molecular complexity index is 1330. The number of alkyl halides is 3. The van der Waals surface area contributed by atoms with Crippen LogP contribution < -0.4 is 10.3 Å². The van der Waals surface area contributed by atoms with Crippen molar-refractivity contribution in [1.82, 2.24) is 9.55 Å². The highest BCUT2D eigenvalue weighted by Crippen LogP contribution is 2.50. The first-order valence-corrected chi connectivity index (χ1v) is 10.7. The molecule has 0 aliphatic heterocycles. The highest BCUT2D eigenvalue weighted by Gasteiger charge is 2.59. The lowest BCUT2D eigenvalue weighted by Gasteiger charge is -2.37. The fraction of sp³-hybridized carbons (Fsp3) is 0.292. The molecule has 0 saturated heterocycles. The molecule has 0 bridgehead atoms. The summed E-state index contributed by atoms with van der Waals surface area (Å²) in [6.07, 6.45) is -4.14. The van der Waals surface area contributed by atoms with E-state index in [1.807, 2.05) is 0 Å². The minimum atomic E-state index is -5.10. The average Bonchev–Trinajstić information content (AvgIpc) is 2.75. The van der Waals surface area contributed by atoms with Crippen LogP contribution in [0.3, 0.4) is 0 Å². The minimum Gasteiger partial charge on any atom is -0.478 e. The van der Waals surface area contributed by atoms with E-state index < -0.39 is 34.8 Å². The number of halogens is 4. The minimum absolute atomic E-state index is 0.000333. The maximum Gasteiger partial charge on any atom is 0.422 e. The second-order valence-electron chi connectivity index (χ2n) is 8.19. The molecule has 11 heteroatoms. The molecule has 0 aliphatic rings.